The molecule has 0 saturated heterocycles. The van der Waals surface area contributed by atoms with E-state index < -0.39 is 12.0 Å². The maximum atomic E-state index is 10.1. The van der Waals surface area contributed by atoms with E-state index in [2.05, 4.69) is 0 Å². The Morgan fingerprint density at radius 3 is 2.36 bits per heavy atom. The average Bonchev–Trinajstić information content (AvgIpc) is 1.88. The highest BCUT2D eigenvalue weighted by Gasteiger charge is 2.09. The number of carboxylic acid groups (broad SMARTS) is 1. The first-order chi connectivity index (χ1) is 4.68. The van der Waals surface area contributed by atoms with Crippen LogP contribution in [0.2, 0.25) is 0 Å². The fourth-order valence-electron chi connectivity index (χ4n) is 0.600. The van der Waals surface area contributed by atoms with E-state index in [1.54, 1.807) is 0 Å². The number of unbranched alkanes of at least 4 members (excludes halogenated alkanes) is 1. The highest BCUT2D eigenvalue weighted by molar-refractivity contribution is 7.59. The van der Waals surface area contributed by atoms with E-state index >= 15 is 0 Å². The van der Waals surface area contributed by atoms with E-state index in [4.69, 9.17) is 15.9 Å². The van der Waals surface area contributed by atoms with Crippen LogP contribution in [-0.2, 0) is 4.79 Å². The molecule has 0 bridgehead atoms. The lowest BCUT2D eigenvalue weighted by Gasteiger charge is -2.03. The number of rotatable bonds is 5. The van der Waals surface area contributed by atoms with Crippen LogP contribution in [0.1, 0.15) is 19.3 Å². The van der Waals surface area contributed by atoms with Gasteiger partial charge in [-0.25, -0.2) is 0 Å². The van der Waals surface area contributed by atoms with Crippen molar-refractivity contribution in [1.29, 1.82) is 0 Å². The lowest BCUT2D eigenvalue weighted by atomic mass is 10.1. The number of carbonyl (C=O) groups is 1. The summed E-state index contributed by atoms with van der Waals surface area (Å²) in [4.78, 5) is 10.1. The number of hydrogen-bond acceptors (Lipinski definition) is 3. The molecule has 0 aliphatic rings. The lowest BCUT2D eigenvalue weighted by molar-refractivity contribution is -0.138. The normalized spacial score (nSPS) is 11.8. The molecular formula is C6H15NO3S. The molecule has 0 amide bonds. The van der Waals surface area contributed by atoms with E-state index in [1.807, 2.05) is 0 Å². The molecule has 0 aromatic carbocycles. The zero-order valence-electron chi connectivity index (χ0n) is 6.29. The standard InChI is InChI=1S/C6H13NO3.H2S/c7-5(6(9)10)3-1-2-4-8;/h5,8H,1-4,7H2,(H,9,10);1H2/t5-;/m0./s1. The molecule has 5 heteroatoms. The summed E-state index contributed by atoms with van der Waals surface area (Å²) in [6.45, 7) is 0.104. The summed E-state index contributed by atoms with van der Waals surface area (Å²) < 4.78 is 0. The smallest absolute Gasteiger partial charge is 0.320 e. The van der Waals surface area contributed by atoms with Gasteiger partial charge in [0.05, 0.1) is 0 Å². The van der Waals surface area contributed by atoms with Gasteiger partial charge in [-0.3, -0.25) is 4.79 Å². The molecule has 0 unspecified atom stereocenters. The van der Waals surface area contributed by atoms with Gasteiger partial charge in [0.25, 0.3) is 0 Å². The fraction of sp³-hybridized carbons (Fsp3) is 0.833. The van der Waals surface area contributed by atoms with Crippen LogP contribution in [0.15, 0.2) is 0 Å². The number of aliphatic hydroxyl groups is 1. The van der Waals surface area contributed by atoms with Gasteiger partial charge in [-0.05, 0) is 19.3 Å². The van der Waals surface area contributed by atoms with Crippen LogP contribution in [-0.4, -0.2) is 28.8 Å². The van der Waals surface area contributed by atoms with Gasteiger partial charge in [-0.2, -0.15) is 13.5 Å². The third-order valence-electron chi connectivity index (χ3n) is 1.24. The van der Waals surface area contributed by atoms with E-state index in [9.17, 15) is 4.79 Å². The molecule has 68 valence electrons. The number of aliphatic carboxylic acids is 1. The lowest BCUT2D eigenvalue weighted by Crippen LogP contribution is -2.29. The zero-order chi connectivity index (χ0) is 7.98. The first kappa shape index (κ1) is 13.3. The predicted octanol–water partition coefficient (Wildman–Crippen LogP) is -0.326. The Balaban J connectivity index is 0. The molecule has 0 saturated carbocycles. The number of aliphatic hydroxyl groups excluding tert-OH is 1. The summed E-state index contributed by atoms with van der Waals surface area (Å²) in [6, 6.07) is -0.772. The van der Waals surface area contributed by atoms with Crippen molar-refractivity contribution in [3.63, 3.8) is 0 Å². The van der Waals surface area contributed by atoms with Gasteiger partial charge in [0.2, 0.25) is 0 Å². The summed E-state index contributed by atoms with van der Waals surface area (Å²) in [5, 5.41) is 16.6. The Kier molecular flexibility index (Phi) is 9.51. The second kappa shape index (κ2) is 7.84. The molecule has 0 spiro atoms. The van der Waals surface area contributed by atoms with E-state index in [-0.39, 0.29) is 20.1 Å². The third kappa shape index (κ3) is 7.64. The van der Waals surface area contributed by atoms with Crippen LogP contribution >= 0.6 is 13.5 Å². The molecule has 1 atom stereocenters. The molecule has 0 radical (unpaired) electrons. The Bertz CT molecular complexity index is 110. The van der Waals surface area contributed by atoms with E-state index in [0.717, 1.165) is 0 Å². The molecule has 11 heavy (non-hydrogen) atoms. The largest absolute Gasteiger partial charge is 0.480 e. The quantitative estimate of drug-likeness (QED) is 0.507. The monoisotopic (exact) mass is 181 g/mol. The van der Waals surface area contributed by atoms with Crippen molar-refractivity contribution in [2.45, 2.75) is 25.3 Å². The van der Waals surface area contributed by atoms with Gasteiger partial charge < -0.3 is 15.9 Å². The molecule has 4 nitrogen and oxygen atoms in total. The SMILES string of the molecule is N[C@@H](CCCCO)C(=O)O.S. The second-order valence-electron chi connectivity index (χ2n) is 2.16. The van der Waals surface area contributed by atoms with Crippen molar-refractivity contribution < 1.29 is 15.0 Å². The molecular weight excluding hydrogens is 166 g/mol. The van der Waals surface area contributed by atoms with Gasteiger partial charge in [-0.15, -0.1) is 0 Å². The van der Waals surface area contributed by atoms with Gasteiger partial charge in [0, 0.05) is 6.61 Å². The molecule has 0 heterocycles. The topological polar surface area (TPSA) is 83.5 Å². The van der Waals surface area contributed by atoms with Crippen molar-refractivity contribution in [2.75, 3.05) is 6.61 Å². The molecule has 0 aromatic heterocycles. The molecule has 4 N–H and O–H groups in total. The van der Waals surface area contributed by atoms with Crippen LogP contribution in [0.3, 0.4) is 0 Å². The summed E-state index contributed by atoms with van der Waals surface area (Å²) in [6.07, 6.45) is 1.74. The van der Waals surface area contributed by atoms with Gasteiger partial charge in [0.15, 0.2) is 0 Å². The van der Waals surface area contributed by atoms with Crippen LogP contribution in [0, 0.1) is 0 Å². The Morgan fingerprint density at radius 2 is 2.00 bits per heavy atom. The maximum absolute atomic E-state index is 10.1. The fourth-order valence-corrected chi connectivity index (χ4v) is 0.600. The highest BCUT2D eigenvalue weighted by Crippen LogP contribution is 1.97. The van der Waals surface area contributed by atoms with Crippen molar-refractivity contribution >= 4 is 19.5 Å². The molecule has 0 aliphatic heterocycles. The average molecular weight is 181 g/mol. The van der Waals surface area contributed by atoms with Crippen molar-refractivity contribution in [2.24, 2.45) is 5.73 Å². The van der Waals surface area contributed by atoms with E-state index in [1.165, 1.54) is 0 Å². The molecule has 0 aliphatic carbocycles. The Morgan fingerprint density at radius 1 is 1.45 bits per heavy atom. The van der Waals surface area contributed by atoms with Crippen molar-refractivity contribution in [3.05, 3.63) is 0 Å². The predicted molar refractivity (Wildman–Crippen MR) is 46.9 cm³/mol. The van der Waals surface area contributed by atoms with E-state index in [0.29, 0.717) is 19.3 Å². The van der Waals surface area contributed by atoms with Gasteiger partial charge in [0.1, 0.15) is 6.04 Å². The van der Waals surface area contributed by atoms with Crippen LogP contribution in [0.5, 0.6) is 0 Å². The minimum atomic E-state index is -0.974. The third-order valence-corrected chi connectivity index (χ3v) is 1.24. The molecule has 0 fully saturated rings. The summed E-state index contributed by atoms with van der Waals surface area (Å²) in [5.41, 5.74) is 5.18. The number of hydrogen-bond donors (Lipinski definition) is 3. The minimum Gasteiger partial charge on any atom is -0.480 e. The van der Waals surface area contributed by atoms with Gasteiger partial charge >= 0.3 is 5.97 Å². The summed E-state index contributed by atoms with van der Waals surface area (Å²) in [5.74, 6) is -0.974. The van der Waals surface area contributed by atoms with Crippen molar-refractivity contribution in [1.82, 2.24) is 0 Å². The van der Waals surface area contributed by atoms with Gasteiger partial charge in [-0.1, -0.05) is 0 Å². The number of nitrogens with two attached hydrogens (primary N) is 1. The zero-order valence-corrected chi connectivity index (χ0v) is 7.29. The highest BCUT2D eigenvalue weighted by atomic mass is 32.1. The first-order valence-electron chi connectivity index (χ1n) is 3.27. The minimum absolute atomic E-state index is 0. The maximum Gasteiger partial charge on any atom is 0.320 e. The molecule has 0 aromatic rings. The van der Waals surface area contributed by atoms with Crippen molar-refractivity contribution in [3.8, 4) is 0 Å². The van der Waals surface area contributed by atoms with Crippen LogP contribution in [0.25, 0.3) is 0 Å². The summed E-state index contributed by atoms with van der Waals surface area (Å²) in [7, 11) is 0. The Labute approximate surface area is 72.8 Å². The second-order valence-corrected chi connectivity index (χ2v) is 2.16. The summed E-state index contributed by atoms with van der Waals surface area (Å²) >= 11 is 0. The van der Waals surface area contributed by atoms with Crippen LogP contribution < -0.4 is 5.73 Å². The number of carboxylic acids is 1. The molecule has 0 rings (SSSR count). The van der Waals surface area contributed by atoms with Crippen LogP contribution in [0.4, 0.5) is 0 Å². The Hall–Kier alpha value is -0.260. The first-order valence-corrected chi connectivity index (χ1v) is 3.27.